The van der Waals surface area contributed by atoms with Gasteiger partial charge >= 0.3 is 0 Å². The highest BCUT2D eigenvalue weighted by Crippen LogP contribution is 2.22. The molecule has 0 bridgehead atoms. The molecule has 0 N–H and O–H groups in total. The Morgan fingerprint density at radius 1 is 1.35 bits per heavy atom. The summed E-state index contributed by atoms with van der Waals surface area (Å²) in [4.78, 5) is 4.32. The van der Waals surface area contributed by atoms with E-state index in [9.17, 15) is 4.39 Å². The van der Waals surface area contributed by atoms with Gasteiger partial charge in [0.15, 0.2) is 0 Å². The Labute approximate surface area is 101 Å². The summed E-state index contributed by atoms with van der Waals surface area (Å²) in [5.74, 6) is 0.449. The highest BCUT2D eigenvalue weighted by molar-refractivity contribution is 6.33. The van der Waals surface area contributed by atoms with E-state index in [1.807, 2.05) is 13.8 Å². The summed E-state index contributed by atoms with van der Waals surface area (Å²) in [5, 5.41) is 0.739. The Morgan fingerprint density at radius 2 is 2.12 bits per heavy atom. The molecule has 0 amide bonds. The molecule has 0 saturated carbocycles. The Bertz CT molecular complexity index is 542. The van der Waals surface area contributed by atoms with Gasteiger partial charge in [0.2, 0.25) is 5.88 Å². The van der Waals surface area contributed by atoms with Crippen LogP contribution in [0.5, 0.6) is 5.88 Å². The molecule has 2 aromatic rings. The van der Waals surface area contributed by atoms with Crippen molar-refractivity contribution < 1.29 is 9.13 Å². The van der Waals surface area contributed by atoms with Gasteiger partial charge in [-0.2, -0.15) is 0 Å². The van der Waals surface area contributed by atoms with Crippen LogP contribution in [-0.4, -0.2) is 18.9 Å². The van der Waals surface area contributed by atoms with Gasteiger partial charge in [0.05, 0.1) is 11.6 Å². The molecule has 86 valence electrons. The zero-order chi connectivity index (χ0) is 12.4. The van der Waals surface area contributed by atoms with E-state index in [2.05, 4.69) is 4.98 Å². The lowest BCUT2D eigenvalue weighted by molar-refractivity contribution is 0.233. The van der Waals surface area contributed by atoms with Gasteiger partial charge in [-0.1, -0.05) is 17.6 Å². The maximum atomic E-state index is 13.0. The third-order valence-corrected chi connectivity index (χ3v) is 2.40. The fraction of sp³-hybridized carbons (Fsp3) is 0.308. The van der Waals surface area contributed by atoms with E-state index < -0.39 is 6.67 Å². The number of pyridine rings is 1. The van der Waals surface area contributed by atoms with Gasteiger partial charge in [-0.15, -0.1) is 0 Å². The average Bonchev–Trinajstić information content (AvgIpc) is 2.27. The number of rotatable bonds is 3. The summed E-state index contributed by atoms with van der Waals surface area (Å²) in [7, 11) is 5.68. The van der Waals surface area contributed by atoms with Crippen LogP contribution >= 0.6 is 0 Å². The molecule has 0 atom stereocenters. The number of aromatic nitrogens is 1. The Hall–Kier alpha value is -1.58. The van der Waals surface area contributed by atoms with Crippen LogP contribution in [0.25, 0.3) is 10.9 Å². The van der Waals surface area contributed by atoms with Crippen molar-refractivity contribution in [2.75, 3.05) is 0 Å². The van der Waals surface area contributed by atoms with Crippen molar-refractivity contribution in [2.45, 2.75) is 26.6 Å². The molecule has 0 aliphatic heterocycles. The smallest absolute Gasteiger partial charge is 0.214 e. The fourth-order valence-electron chi connectivity index (χ4n) is 1.70. The van der Waals surface area contributed by atoms with Gasteiger partial charge in [0.25, 0.3) is 0 Å². The second-order valence-corrected chi connectivity index (χ2v) is 4.20. The van der Waals surface area contributed by atoms with Crippen LogP contribution < -0.4 is 10.2 Å². The largest absolute Gasteiger partial charge is 0.475 e. The van der Waals surface area contributed by atoms with Crippen molar-refractivity contribution in [3.05, 3.63) is 29.8 Å². The molecule has 0 aliphatic carbocycles. The molecule has 2 radical (unpaired) electrons. The summed E-state index contributed by atoms with van der Waals surface area (Å²) in [5.41, 5.74) is 1.86. The van der Waals surface area contributed by atoms with Crippen molar-refractivity contribution in [1.29, 1.82) is 0 Å². The predicted molar refractivity (Wildman–Crippen MR) is 67.7 cm³/mol. The van der Waals surface area contributed by atoms with Crippen LogP contribution in [-0.2, 0) is 6.67 Å². The third-order valence-electron chi connectivity index (χ3n) is 2.40. The predicted octanol–water partition coefficient (Wildman–Crippen LogP) is 2.29. The standard InChI is InChI=1S/C13H13BFNO/c1-8(2)17-13-5-9(7-15)11-6-10(14)3-4-12(11)16-13/h3-6,8H,7H2,1-2H3. The molecule has 0 spiro atoms. The first-order chi connectivity index (χ1) is 8.10. The van der Waals surface area contributed by atoms with Crippen molar-refractivity contribution in [1.82, 2.24) is 4.98 Å². The van der Waals surface area contributed by atoms with Crippen molar-refractivity contribution in [3.8, 4) is 5.88 Å². The summed E-state index contributed by atoms with van der Waals surface area (Å²) in [6, 6.07) is 6.88. The lowest BCUT2D eigenvalue weighted by Crippen LogP contribution is -2.08. The molecule has 2 rings (SSSR count). The number of nitrogens with zero attached hydrogens (tertiary/aromatic N) is 1. The molecule has 1 heterocycles. The van der Waals surface area contributed by atoms with E-state index in [0.29, 0.717) is 22.4 Å². The van der Waals surface area contributed by atoms with Gasteiger partial charge in [0.1, 0.15) is 14.5 Å². The molecule has 0 saturated heterocycles. The summed E-state index contributed by atoms with van der Waals surface area (Å²) < 4.78 is 18.5. The molecule has 1 aromatic carbocycles. The van der Waals surface area contributed by atoms with Gasteiger partial charge in [-0.05, 0) is 25.5 Å². The van der Waals surface area contributed by atoms with Gasteiger partial charge in [0, 0.05) is 11.5 Å². The first kappa shape index (κ1) is 11.9. The van der Waals surface area contributed by atoms with E-state index in [4.69, 9.17) is 12.6 Å². The third kappa shape index (κ3) is 2.57. The Morgan fingerprint density at radius 3 is 2.76 bits per heavy atom. The molecule has 0 unspecified atom stereocenters. The highest BCUT2D eigenvalue weighted by Gasteiger charge is 2.07. The summed E-state index contributed by atoms with van der Waals surface area (Å²) in [6.45, 7) is 3.25. The molecule has 1 aromatic heterocycles. The highest BCUT2D eigenvalue weighted by atomic mass is 19.1. The zero-order valence-corrected chi connectivity index (χ0v) is 9.90. The molecule has 4 heteroatoms. The van der Waals surface area contributed by atoms with Crippen LogP contribution in [0.15, 0.2) is 24.3 Å². The van der Waals surface area contributed by atoms with Crippen molar-refractivity contribution in [3.63, 3.8) is 0 Å². The number of halogens is 1. The molecule has 2 nitrogen and oxygen atoms in total. The van der Waals surface area contributed by atoms with Gasteiger partial charge in [-0.3, -0.25) is 0 Å². The monoisotopic (exact) mass is 229 g/mol. The lowest BCUT2D eigenvalue weighted by Gasteiger charge is -2.11. The SMILES string of the molecule is [B]c1ccc2nc(OC(C)C)cc(CF)c2c1. The minimum Gasteiger partial charge on any atom is -0.475 e. The van der Waals surface area contributed by atoms with Gasteiger partial charge < -0.3 is 4.74 Å². The molecule has 0 aliphatic rings. The van der Waals surface area contributed by atoms with E-state index in [0.717, 1.165) is 5.39 Å². The first-order valence-corrected chi connectivity index (χ1v) is 5.52. The first-order valence-electron chi connectivity index (χ1n) is 5.52. The molecule has 0 fully saturated rings. The second kappa shape index (κ2) is 4.74. The normalized spacial score (nSPS) is 11.1. The Kier molecular flexibility index (Phi) is 3.32. The topological polar surface area (TPSA) is 22.1 Å². The van der Waals surface area contributed by atoms with Crippen LogP contribution in [0.1, 0.15) is 19.4 Å². The minimum atomic E-state index is -0.559. The quantitative estimate of drug-likeness (QED) is 0.753. The number of hydrogen-bond acceptors (Lipinski definition) is 2. The second-order valence-electron chi connectivity index (χ2n) is 4.20. The van der Waals surface area contributed by atoms with E-state index in [1.54, 1.807) is 24.3 Å². The number of alkyl halides is 1. The maximum Gasteiger partial charge on any atom is 0.214 e. The van der Waals surface area contributed by atoms with E-state index in [1.165, 1.54) is 0 Å². The van der Waals surface area contributed by atoms with Crippen LogP contribution in [0.4, 0.5) is 4.39 Å². The van der Waals surface area contributed by atoms with Crippen LogP contribution in [0, 0.1) is 0 Å². The minimum absolute atomic E-state index is 0.0150. The van der Waals surface area contributed by atoms with Crippen LogP contribution in [0.3, 0.4) is 0 Å². The van der Waals surface area contributed by atoms with Crippen molar-refractivity contribution >= 4 is 24.2 Å². The van der Waals surface area contributed by atoms with Gasteiger partial charge in [-0.25, -0.2) is 9.37 Å². The average molecular weight is 229 g/mol. The molecule has 17 heavy (non-hydrogen) atoms. The summed E-state index contributed by atoms with van der Waals surface area (Å²) >= 11 is 0. The zero-order valence-electron chi connectivity index (χ0n) is 9.90. The number of ether oxygens (including phenoxy) is 1. The fourth-order valence-corrected chi connectivity index (χ4v) is 1.70. The van der Waals surface area contributed by atoms with E-state index in [-0.39, 0.29) is 6.10 Å². The molecular formula is C13H13BFNO. The summed E-state index contributed by atoms with van der Waals surface area (Å²) in [6.07, 6.45) is 0.0150. The van der Waals surface area contributed by atoms with Crippen LogP contribution in [0.2, 0.25) is 0 Å². The number of hydrogen-bond donors (Lipinski definition) is 0. The maximum absolute atomic E-state index is 13.0. The molecular weight excluding hydrogens is 216 g/mol. The van der Waals surface area contributed by atoms with E-state index >= 15 is 0 Å². The Balaban J connectivity index is 2.58. The number of fused-ring (bicyclic) bond motifs is 1. The number of benzene rings is 1. The van der Waals surface area contributed by atoms with Crippen molar-refractivity contribution in [2.24, 2.45) is 0 Å². The lowest BCUT2D eigenvalue weighted by atomic mass is 9.93.